The maximum atomic E-state index is 12.4. The molecule has 0 aliphatic heterocycles. The van der Waals surface area contributed by atoms with Crippen LogP contribution in [0.1, 0.15) is 41.9 Å². The van der Waals surface area contributed by atoms with Crippen LogP contribution in [-0.2, 0) is 13.0 Å². The van der Waals surface area contributed by atoms with E-state index in [-0.39, 0.29) is 11.2 Å². The number of nitrogens with one attached hydrogen (secondary N) is 1. The third-order valence-corrected chi connectivity index (χ3v) is 4.44. The lowest BCUT2D eigenvalue weighted by Gasteiger charge is -2.27. The van der Waals surface area contributed by atoms with Crippen molar-refractivity contribution >= 4 is 16.7 Å². The van der Waals surface area contributed by atoms with Crippen LogP contribution in [0.4, 0.5) is 0 Å². The number of Topliss-reactive ketones (excluding diaryl/α,β-unsaturated/α-hetero) is 1. The molecular weight excluding hydrogens is 290 g/mol. The van der Waals surface area contributed by atoms with Crippen molar-refractivity contribution in [1.29, 1.82) is 0 Å². The topological polar surface area (TPSA) is 55.2 Å². The number of benzene rings is 1. The van der Waals surface area contributed by atoms with Gasteiger partial charge < -0.3 is 14.1 Å². The molecule has 4 nitrogen and oxygen atoms in total. The molecule has 118 valence electrons. The fraction of sp³-hybridized carbons (Fsp3) is 0.316. The van der Waals surface area contributed by atoms with E-state index in [4.69, 9.17) is 9.15 Å². The number of furan rings is 1. The molecular formula is C19H19NO3. The first kappa shape index (κ1) is 14.1. The fourth-order valence-electron chi connectivity index (χ4n) is 3.37. The van der Waals surface area contributed by atoms with Gasteiger partial charge in [0.1, 0.15) is 18.1 Å². The Hall–Kier alpha value is -2.49. The summed E-state index contributed by atoms with van der Waals surface area (Å²) in [6, 6.07) is 7.89. The average Bonchev–Trinajstić information content (AvgIpc) is 3.10. The van der Waals surface area contributed by atoms with Crippen molar-refractivity contribution in [1.82, 2.24) is 4.98 Å². The number of aromatic nitrogens is 1. The van der Waals surface area contributed by atoms with Crippen molar-refractivity contribution in [3.8, 4) is 5.75 Å². The smallest absolute Gasteiger partial charge is 0.167 e. The van der Waals surface area contributed by atoms with E-state index in [0.717, 1.165) is 40.0 Å². The lowest BCUT2D eigenvalue weighted by atomic mass is 9.76. The van der Waals surface area contributed by atoms with Crippen LogP contribution in [0.25, 0.3) is 10.9 Å². The molecule has 0 spiro atoms. The molecule has 23 heavy (non-hydrogen) atoms. The van der Waals surface area contributed by atoms with Crippen molar-refractivity contribution in [2.45, 2.75) is 33.3 Å². The summed E-state index contributed by atoms with van der Waals surface area (Å²) in [7, 11) is 0. The second-order valence-electron chi connectivity index (χ2n) is 6.98. The van der Waals surface area contributed by atoms with Gasteiger partial charge in [-0.25, -0.2) is 0 Å². The number of hydrogen-bond donors (Lipinski definition) is 1. The molecule has 1 N–H and O–H groups in total. The highest BCUT2D eigenvalue weighted by Crippen LogP contribution is 2.37. The Bertz CT molecular complexity index is 885. The van der Waals surface area contributed by atoms with Crippen molar-refractivity contribution in [2.75, 3.05) is 0 Å². The number of carbonyl (C=O) groups excluding carboxylic acids is 1. The van der Waals surface area contributed by atoms with Gasteiger partial charge in [0.05, 0.1) is 11.8 Å². The molecule has 1 aromatic carbocycles. The van der Waals surface area contributed by atoms with Crippen LogP contribution in [0.2, 0.25) is 0 Å². The molecule has 4 heteroatoms. The molecule has 4 rings (SSSR count). The quantitative estimate of drug-likeness (QED) is 0.775. The van der Waals surface area contributed by atoms with Gasteiger partial charge in [-0.3, -0.25) is 4.79 Å². The SMILES string of the molecule is CC1(C)CC(=O)c2c(COc3cccc4[nH]ccc34)coc2C1. The highest BCUT2D eigenvalue weighted by molar-refractivity contribution is 5.99. The normalized spacial score (nSPS) is 16.5. The van der Waals surface area contributed by atoms with Gasteiger partial charge in [-0.1, -0.05) is 19.9 Å². The molecule has 1 aliphatic rings. The van der Waals surface area contributed by atoms with Gasteiger partial charge in [0, 0.05) is 35.5 Å². The number of rotatable bonds is 3. The number of ether oxygens (including phenoxy) is 1. The zero-order valence-corrected chi connectivity index (χ0v) is 13.3. The molecule has 0 atom stereocenters. The van der Waals surface area contributed by atoms with Crippen LogP contribution in [0.3, 0.4) is 0 Å². The minimum absolute atomic E-state index is 0.0310. The van der Waals surface area contributed by atoms with Crippen LogP contribution < -0.4 is 4.74 Å². The van der Waals surface area contributed by atoms with E-state index in [9.17, 15) is 4.79 Å². The summed E-state index contributed by atoms with van der Waals surface area (Å²) >= 11 is 0. The molecule has 0 saturated heterocycles. The van der Waals surface area contributed by atoms with E-state index in [1.165, 1.54) is 0 Å². The monoisotopic (exact) mass is 309 g/mol. The number of aromatic amines is 1. The van der Waals surface area contributed by atoms with Gasteiger partial charge in [-0.2, -0.15) is 0 Å². The zero-order chi connectivity index (χ0) is 16.0. The lowest BCUT2D eigenvalue weighted by molar-refractivity contribution is 0.0901. The fourth-order valence-corrected chi connectivity index (χ4v) is 3.37. The van der Waals surface area contributed by atoms with Crippen LogP contribution >= 0.6 is 0 Å². The molecule has 0 radical (unpaired) electrons. The molecule has 0 saturated carbocycles. The summed E-state index contributed by atoms with van der Waals surface area (Å²) in [6.07, 6.45) is 4.91. The predicted molar refractivity (Wildman–Crippen MR) is 87.8 cm³/mol. The Balaban J connectivity index is 1.60. The molecule has 0 unspecified atom stereocenters. The van der Waals surface area contributed by atoms with Gasteiger partial charge in [-0.15, -0.1) is 0 Å². The third kappa shape index (κ3) is 2.44. The van der Waals surface area contributed by atoms with Gasteiger partial charge in [0.2, 0.25) is 0 Å². The van der Waals surface area contributed by atoms with Crippen molar-refractivity contribution in [2.24, 2.45) is 5.41 Å². The summed E-state index contributed by atoms with van der Waals surface area (Å²) in [4.78, 5) is 15.6. The number of H-pyrrole nitrogens is 1. The zero-order valence-electron chi connectivity index (χ0n) is 13.3. The summed E-state index contributed by atoms with van der Waals surface area (Å²) < 4.78 is 11.6. The molecule has 3 aromatic rings. The number of fused-ring (bicyclic) bond motifs is 2. The Labute approximate surface area is 134 Å². The second kappa shape index (κ2) is 5.01. The van der Waals surface area contributed by atoms with E-state index < -0.39 is 0 Å². The van der Waals surface area contributed by atoms with Crippen molar-refractivity contribution in [3.05, 3.63) is 53.6 Å². The molecule has 2 heterocycles. The second-order valence-corrected chi connectivity index (χ2v) is 6.98. The lowest BCUT2D eigenvalue weighted by Crippen LogP contribution is -2.26. The van der Waals surface area contributed by atoms with Gasteiger partial charge in [-0.05, 0) is 23.6 Å². The molecule has 0 amide bonds. The van der Waals surface area contributed by atoms with Gasteiger partial charge >= 0.3 is 0 Å². The number of carbonyl (C=O) groups is 1. The number of ketones is 1. The summed E-state index contributed by atoms with van der Waals surface area (Å²) in [5.41, 5.74) is 2.57. The Morgan fingerprint density at radius 2 is 2.13 bits per heavy atom. The van der Waals surface area contributed by atoms with E-state index in [1.807, 2.05) is 30.5 Å². The molecule has 1 aliphatic carbocycles. The van der Waals surface area contributed by atoms with Gasteiger partial charge in [0.25, 0.3) is 0 Å². The van der Waals surface area contributed by atoms with Crippen LogP contribution in [0, 0.1) is 5.41 Å². The Morgan fingerprint density at radius 1 is 1.26 bits per heavy atom. The molecule has 0 bridgehead atoms. The number of hydrogen-bond acceptors (Lipinski definition) is 3. The largest absolute Gasteiger partial charge is 0.488 e. The Kier molecular flexibility index (Phi) is 3.08. The summed E-state index contributed by atoms with van der Waals surface area (Å²) in [5, 5.41) is 1.04. The maximum absolute atomic E-state index is 12.4. The van der Waals surface area contributed by atoms with Crippen molar-refractivity contribution in [3.63, 3.8) is 0 Å². The minimum atomic E-state index is -0.0310. The summed E-state index contributed by atoms with van der Waals surface area (Å²) in [5.74, 6) is 1.76. The highest BCUT2D eigenvalue weighted by atomic mass is 16.5. The predicted octanol–water partition coefficient (Wildman–Crippen LogP) is 4.50. The Morgan fingerprint density at radius 3 is 3.00 bits per heavy atom. The van der Waals surface area contributed by atoms with Crippen molar-refractivity contribution < 1.29 is 13.9 Å². The summed E-state index contributed by atoms with van der Waals surface area (Å²) in [6.45, 7) is 4.54. The first-order chi connectivity index (χ1) is 11.0. The van der Waals surface area contributed by atoms with E-state index in [2.05, 4.69) is 18.8 Å². The average molecular weight is 309 g/mol. The first-order valence-electron chi connectivity index (χ1n) is 7.85. The van der Waals surface area contributed by atoms with Crippen LogP contribution in [0.5, 0.6) is 5.75 Å². The standard InChI is InChI=1S/C19H19NO3/c1-19(2)8-15(21)18-12(11-23-17(18)9-19)10-22-16-5-3-4-14-13(16)6-7-20-14/h3-7,11,20H,8-10H2,1-2H3. The van der Waals surface area contributed by atoms with Gasteiger partial charge in [0.15, 0.2) is 5.78 Å². The van der Waals surface area contributed by atoms with E-state index >= 15 is 0 Å². The van der Waals surface area contributed by atoms with Crippen LogP contribution in [-0.4, -0.2) is 10.8 Å². The van der Waals surface area contributed by atoms with E-state index in [0.29, 0.717) is 13.0 Å². The first-order valence-corrected chi connectivity index (χ1v) is 7.85. The minimum Gasteiger partial charge on any atom is -0.488 e. The molecule has 2 aromatic heterocycles. The van der Waals surface area contributed by atoms with E-state index in [1.54, 1.807) is 6.26 Å². The maximum Gasteiger partial charge on any atom is 0.167 e. The third-order valence-electron chi connectivity index (χ3n) is 4.44. The highest BCUT2D eigenvalue weighted by Gasteiger charge is 2.35. The van der Waals surface area contributed by atoms with Crippen LogP contribution in [0.15, 0.2) is 41.1 Å². The molecule has 0 fully saturated rings.